The number of anilines is 1. The number of benzene rings is 2. The van der Waals surface area contributed by atoms with Crippen molar-refractivity contribution in [3.63, 3.8) is 0 Å². The standard InChI is InChI=1S/C19H15BrCl2N4OS/c1-2-7-26-18(12-3-5-13(20)6-4-12)24-25-19(26)28-11-17(27)23-16-9-14(21)8-15(22)10-16/h2-6,8-10H,1,7,11H2,(H,23,27). The quantitative estimate of drug-likeness (QED) is 0.324. The van der Waals surface area contributed by atoms with Crippen molar-refractivity contribution in [2.75, 3.05) is 11.1 Å². The zero-order valence-corrected chi connectivity index (χ0v) is 18.4. The Balaban J connectivity index is 1.72. The third-order valence-corrected chi connectivity index (χ3v) is 5.54. The molecule has 0 saturated heterocycles. The van der Waals surface area contributed by atoms with E-state index in [0.29, 0.717) is 27.4 Å². The molecule has 0 fully saturated rings. The van der Waals surface area contributed by atoms with Gasteiger partial charge in [-0.2, -0.15) is 0 Å². The van der Waals surface area contributed by atoms with Crippen LogP contribution in [0.5, 0.6) is 0 Å². The van der Waals surface area contributed by atoms with Gasteiger partial charge in [0.1, 0.15) is 0 Å². The highest BCUT2D eigenvalue weighted by Gasteiger charge is 2.15. The summed E-state index contributed by atoms with van der Waals surface area (Å²) in [7, 11) is 0. The fraction of sp³-hybridized carbons (Fsp3) is 0.105. The van der Waals surface area contributed by atoms with E-state index in [9.17, 15) is 4.79 Å². The molecular formula is C19H15BrCl2N4OS. The van der Waals surface area contributed by atoms with Crippen molar-refractivity contribution in [2.24, 2.45) is 0 Å². The SMILES string of the molecule is C=CCn1c(SCC(=O)Nc2cc(Cl)cc(Cl)c2)nnc1-c1ccc(Br)cc1. The van der Waals surface area contributed by atoms with Crippen molar-refractivity contribution in [3.8, 4) is 11.4 Å². The number of hydrogen-bond donors (Lipinski definition) is 1. The molecule has 0 aliphatic carbocycles. The predicted molar refractivity (Wildman–Crippen MR) is 119 cm³/mol. The summed E-state index contributed by atoms with van der Waals surface area (Å²) >= 11 is 16.6. The fourth-order valence-corrected chi connectivity index (χ4v) is 3.99. The Morgan fingerprint density at radius 2 is 1.86 bits per heavy atom. The van der Waals surface area contributed by atoms with E-state index in [4.69, 9.17) is 23.2 Å². The van der Waals surface area contributed by atoms with Gasteiger partial charge in [-0.1, -0.05) is 69.1 Å². The molecule has 3 aromatic rings. The van der Waals surface area contributed by atoms with Crippen LogP contribution >= 0.6 is 50.9 Å². The van der Waals surface area contributed by atoms with Gasteiger partial charge in [0.2, 0.25) is 5.91 Å². The van der Waals surface area contributed by atoms with Gasteiger partial charge in [-0.3, -0.25) is 9.36 Å². The Morgan fingerprint density at radius 3 is 2.50 bits per heavy atom. The zero-order valence-electron chi connectivity index (χ0n) is 14.5. The molecule has 1 heterocycles. The van der Waals surface area contributed by atoms with Crippen LogP contribution in [0.1, 0.15) is 0 Å². The molecule has 3 rings (SSSR count). The lowest BCUT2D eigenvalue weighted by atomic mass is 10.2. The van der Waals surface area contributed by atoms with Gasteiger partial charge in [-0.05, 0) is 30.3 Å². The van der Waals surface area contributed by atoms with Crippen LogP contribution in [0.2, 0.25) is 10.0 Å². The summed E-state index contributed by atoms with van der Waals surface area (Å²) in [6, 6.07) is 12.7. The number of nitrogens with one attached hydrogen (secondary N) is 1. The van der Waals surface area contributed by atoms with E-state index in [0.717, 1.165) is 15.9 Å². The Kier molecular flexibility index (Phi) is 7.18. The average molecular weight is 498 g/mol. The van der Waals surface area contributed by atoms with Crippen LogP contribution < -0.4 is 5.32 Å². The largest absolute Gasteiger partial charge is 0.325 e. The second-order valence-electron chi connectivity index (χ2n) is 5.71. The van der Waals surface area contributed by atoms with Crippen molar-refractivity contribution in [2.45, 2.75) is 11.7 Å². The van der Waals surface area contributed by atoms with E-state index in [1.807, 2.05) is 28.8 Å². The van der Waals surface area contributed by atoms with E-state index in [1.165, 1.54) is 11.8 Å². The Hall–Kier alpha value is -1.80. The lowest BCUT2D eigenvalue weighted by Crippen LogP contribution is -2.14. The van der Waals surface area contributed by atoms with Crippen molar-refractivity contribution in [3.05, 3.63) is 69.6 Å². The normalized spacial score (nSPS) is 10.7. The molecular weight excluding hydrogens is 483 g/mol. The summed E-state index contributed by atoms with van der Waals surface area (Å²) in [5.74, 6) is 0.693. The zero-order chi connectivity index (χ0) is 20.1. The van der Waals surface area contributed by atoms with Crippen molar-refractivity contribution in [1.29, 1.82) is 0 Å². The number of nitrogens with zero attached hydrogens (tertiary/aromatic N) is 3. The summed E-state index contributed by atoms with van der Waals surface area (Å²) < 4.78 is 2.91. The molecule has 1 aromatic heterocycles. The number of halogens is 3. The first kappa shape index (κ1) is 20.9. The monoisotopic (exact) mass is 496 g/mol. The van der Waals surface area contributed by atoms with Crippen molar-refractivity contribution >= 4 is 62.5 Å². The van der Waals surface area contributed by atoms with E-state index in [1.54, 1.807) is 24.3 Å². The van der Waals surface area contributed by atoms with E-state index in [-0.39, 0.29) is 11.7 Å². The Morgan fingerprint density at radius 1 is 1.18 bits per heavy atom. The lowest BCUT2D eigenvalue weighted by Gasteiger charge is -2.09. The smallest absolute Gasteiger partial charge is 0.234 e. The average Bonchev–Trinajstić information content (AvgIpc) is 3.03. The summed E-state index contributed by atoms with van der Waals surface area (Å²) in [5.41, 5.74) is 1.48. The molecule has 5 nitrogen and oxygen atoms in total. The van der Waals surface area contributed by atoms with Gasteiger partial charge in [0.15, 0.2) is 11.0 Å². The number of aromatic nitrogens is 3. The minimum Gasteiger partial charge on any atom is -0.325 e. The highest BCUT2D eigenvalue weighted by molar-refractivity contribution is 9.10. The third kappa shape index (κ3) is 5.38. The van der Waals surface area contributed by atoms with Gasteiger partial charge < -0.3 is 5.32 Å². The molecule has 0 unspecified atom stereocenters. The Bertz CT molecular complexity index is 987. The molecule has 1 amide bonds. The molecule has 144 valence electrons. The third-order valence-electron chi connectivity index (χ3n) is 3.61. The first-order valence-corrected chi connectivity index (χ1v) is 10.7. The molecule has 0 aliphatic rings. The Labute approximate surface area is 185 Å². The number of thioether (sulfide) groups is 1. The van der Waals surface area contributed by atoms with Crippen LogP contribution in [-0.2, 0) is 11.3 Å². The molecule has 0 aliphatic heterocycles. The molecule has 0 saturated carbocycles. The number of hydrogen-bond acceptors (Lipinski definition) is 4. The van der Waals surface area contributed by atoms with Gasteiger partial charge in [0.05, 0.1) is 5.75 Å². The number of allylic oxidation sites excluding steroid dienone is 1. The second-order valence-corrected chi connectivity index (χ2v) is 8.44. The molecule has 1 N–H and O–H groups in total. The predicted octanol–water partition coefficient (Wildman–Crippen LogP) is 5.93. The minimum absolute atomic E-state index is 0.166. The molecule has 0 atom stereocenters. The van der Waals surface area contributed by atoms with Gasteiger partial charge in [0.25, 0.3) is 0 Å². The topological polar surface area (TPSA) is 59.8 Å². The minimum atomic E-state index is -0.193. The van der Waals surface area contributed by atoms with Crippen molar-refractivity contribution in [1.82, 2.24) is 14.8 Å². The second kappa shape index (κ2) is 9.60. The van der Waals surface area contributed by atoms with Gasteiger partial charge in [-0.25, -0.2) is 0 Å². The van der Waals surface area contributed by atoms with E-state index >= 15 is 0 Å². The number of carbonyl (C=O) groups is 1. The number of carbonyl (C=O) groups excluding carboxylic acids is 1. The summed E-state index contributed by atoms with van der Waals surface area (Å²) in [6.45, 7) is 4.33. The van der Waals surface area contributed by atoms with Gasteiger partial charge in [0, 0.05) is 32.3 Å². The van der Waals surface area contributed by atoms with E-state index in [2.05, 4.69) is 38.0 Å². The maximum atomic E-state index is 12.3. The van der Waals surface area contributed by atoms with Crippen LogP contribution in [0.25, 0.3) is 11.4 Å². The molecule has 9 heteroatoms. The molecule has 0 radical (unpaired) electrons. The molecule has 2 aromatic carbocycles. The summed E-state index contributed by atoms with van der Waals surface area (Å²) in [5, 5.41) is 12.8. The van der Waals surface area contributed by atoms with E-state index < -0.39 is 0 Å². The van der Waals surface area contributed by atoms with Crippen LogP contribution in [0, 0.1) is 0 Å². The maximum absolute atomic E-state index is 12.3. The summed E-state index contributed by atoms with van der Waals surface area (Å²) in [4.78, 5) is 12.3. The fourth-order valence-electron chi connectivity index (χ4n) is 2.45. The van der Waals surface area contributed by atoms with Crippen LogP contribution in [-0.4, -0.2) is 26.4 Å². The maximum Gasteiger partial charge on any atom is 0.234 e. The summed E-state index contributed by atoms with van der Waals surface area (Å²) in [6.07, 6.45) is 1.77. The van der Waals surface area contributed by atoms with Crippen LogP contribution in [0.4, 0.5) is 5.69 Å². The van der Waals surface area contributed by atoms with Gasteiger partial charge in [-0.15, -0.1) is 16.8 Å². The molecule has 28 heavy (non-hydrogen) atoms. The molecule has 0 bridgehead atoms. The number of rotatable bonds is 7. The highest BCUT2D eigenvalue weighted by atomic mass is 79.9. The van der Waals surface area contributed by atoms with Crippen LogP contribution in [0.15, 0.2) is 64.7 Å². The van der Waals surface area contributed by atoms with Crippen LogP contribution in [0.3, 0.4) is 0 Å². The first-order chi connectivity index (χ1) is 13.5. The highest BCUT2D eigenvalue weighted by Crippen LogP contribution is 2.26. The number of amides is 1. The van der Waals surface area contributed by atoms with Gasteiger partial charge >= 0.3 is 0 Å². The lowest BCUT2D eigenvalue weighted by molar-refractivity contribution is -0.113. The first-order valence-electron chi connectivity index (χ1n) is 8.15. The van der Waals surface area contributed by atoms with Crippen molar-refractivity contribution < 1.29 is 4.79 Å². The molecule has 0 spiro atoms.